The average molecular weight is 248 g/mol. The summed E-state index contributed by atoms with van der Waals surface area (Å²) < 4.78 is 10.7. The highest BCUT2D eigenvalue weighted by atomic mass is 31.2. The molecule has 0 heterocycles. The Balaban J connectivity index is 2.35. The summed E-state index contributed by atoms with van der Waals surface area (Å²) in [6.07, 6.45) is 5.61. The molecule has 0 aromatic heterocycles. The molecular formula is C11H21O4P. The second-order valence-electron chi connectivity index (χ2n) is 4.81. The molecule has 94 valence electrons. The van der Waals surface area contributed by atoms with E-state index in [0.717, 1.165) is 32.1 Å². The summed E-state index contributed by atoms with van der Waals surface area (Å²) in [4.78, 5) is 29.1. The smallest absolute Gasteiger partial charge is 0.324 e. The average Bonchev–Trinajstić information content (AvgIpc) is 2.60. The van der Waals surface area contributed by atoms with Gasteiger partial charge in [-0.2, -0.15) is 0 Å². The van der Waals surface area contributed by atoms with Gasteiger partial charge in [0.1, 0.15) is 11.9 Å². The van der Waals surface area contributed by atoms with Crippen molar-refractivity contribution in [3.05, 3.63) is 0 Å². The van der Waals surface area contributed by atoms with Gasteiger partial charge in [0.25, 0.3) is 0 Å². The summed E-state index contributed by atoms with van der Waals surface area (Å²) in [6.45, 7) is 2.14. The fourth-order valence-corrected chi connectivity index (χ4v) is 3.12. The van der Waals surface area contributed by atoms with E-state index < -0.39 is 13.8 Å². The van der Waals surface area contributed by atoms with Crippen molar-refractivity contribution in [2.75, 3.05) is 6.16 Å². The molecule has 1 unspecified atom stereocenters. The van der Waals surface area contributed by atoms with E-state index in [0.29, 0.717) is 5.92 Å². The molecule has 0 aromatic rings. The zero-order valence-electron chi connectivity index (χ0n) is 9.76. The highest BCUT2D eigenvalue weighted by Crippen LogP contribution is 2.40. The van der Waals surface area contributed by atoms with E-state index in [-0.39, 0.29) is 11.7 Å². The summed E-state index contributed by atoms with van der Waals surface area (Å²) >= 11 is 0. The molecule has 2 atom stereocenters. The monoisotopic (exact) mass is 248 g/mol. The summed E-state index contributed by atoms with van der Waals surface area (Å²) in [5.74, 6) is 0.243. The van der Waals surface area contributed by atoms with E-state index >= 15 is 0 Å². The highest BCUT2D eigenvalue weighted by molar-refractivity contribution is 7.52. The second kappa shape index (κ2) is 5.95. The lowest BCUT2D eigenvalue weighted by Gasteiger charge is -2.10. The van der Waals surface area contributed by atoms with Gasteiger partial charge in [-0.1, -0.05) is 26.2 Å². The third-order valence-electron chi connectivity index (χ3n) is 3.32. The minimum atomic E-state index is -4.16. The van der Waals surface area contributed by atoms with Crippen molar-refractivity contribution in [1.82, 2.24) is 0 Å². The van der Waals surface area contributed by atoms with Crippen molar-refractivity contribution in [2.45, 2.75) is 45.4 Å². The van der Waals surface area contributed by atoms with Crippen LogP contribution >= 0.6 is 7.60 Å². The van der Waals surface area contributed by atoms with Crippen LogP contribution < -0.4 is 0 Å². The fourth-order valence-electron chi connectivity index (χ4n) is 2.45. The first-order valence-corrected chi connectivity index (χ1v) is 7.79. The molecule has 1 fully saturated rings. The highest BCUT2D eigenvalue weighted by Gasteiger charge is 2.32. The Bertz CT molecular complexity index is 284. The van der Waals surface area contributed by atoms with E-state index in [1.165, 1.54) is 6.42 Å². The quantitative estimate of drug-likeness (QED) is 0.707. The Morgan fingerprint density at radius 1 is 1.38 bits per heavy atom. The predicted octanol–water partition coefficient (Wildman–Crippen LogP) is 2.34. The molecular weight excluding hydrogens is 227 g/mol. The largest absolute Gasteiger partial charge is 0.332 e. The second-order valence-corrected chi connectivity index (χ2v) is 6.45. The maximum absolute atomic E-state index is 11.6. The summed E-state index contributed by atoms with van der Waals surface area (Å²) in [6, 6.07) is 0. The lowest BCUT2D eigenvalue weighted by atomic mass is 9.97. The Morgan fingerprint density at radius 3 is 2.62 bits per heavy atom. The molecule has 16 heavy (non-hydrogen) atoms. The number of ketones is 1. The van der Waals surface area contributed by atoms with Crippen LogP contribution in [0.25, 0.3) is 0 Å². The van der Waals surface area contributed by atoms with Crippen LogP contribution in [0.2, 0.25) is 0 Å². The van der Waals surface area contributed by atoms with Crippen molar-refractivity contribution in [1.29, 1.82) is 0 Å². The van der Waals surface area contributed by atoms with Gasteiger partial charge in [0.2, 0.25) is 0 Å². The van der Waals surface area contributed by atoms with Crippen molar-refractivity contribution in [3.8, 4) is 0 Å². The predicted molar refractivity (Wildman–Crippen MR) is 62.3 cm³/mol. The van der Waals surface area contributed by atoms with Gasteiger partial charge in [-0.05, 0) is 25.2 Å². The zero-order chi connectivity index (χ0) is 12.2. The van der Waals surface area contributed by atoms with Crippen LogP contribution in [0, 0.1) is 11.8 Å². The minimum Gasteiger partial charge on any atom is -0.324 e. The Hall–Kier alpha value is -0.180. The van der Waals surface area contributed by atoms with Gasteiger partial charge in [0.05, 0.1) is 0 Å². The van der Waals surface area contributed by atoms with E-state index in [9.17, 15) is 9.36 Å². The maximum Gasteiger partial charge on any atom is 0.332 e. The molecule has 0 amide bonds. The SMILES string of the molecule is CCCC[C@H]1CCC(C(=O)CP(=O)(O)O)C1. The van der Waals surface area contributed by atoms with Crippen LogP contribution in [-0.2, 0) is 9.36 Å². The molecule has 1 aliphatic rings. The molecule has 1 aliphatic carbocycles. The van der Waals surface area contributed by atoms with Crippen molar-refractivity contribution in [3.63, 3.8) is 0 Å². The van der Waals surface area contributed by atoms with Crippen LogP contribution in [0.4, 0.5) is 0 Å². The van der Waals surface area contributed by atoms with Crippen LogP contribution in [-0.4, -0.2) is 21.7 Å². The molecule has 0 radical (unpaired) electrons. The topological polar surface area (TPSA) is 74.6 Å². The Labute approximate surface area is 96.6 Å². The number of carbonyl (C=O) groups excluding carboxylic acids is 1. The molecule has 0 spiro atoms. The molecule has 1 saturated carbocycles. The van der Waals surface area contributed by atoms with E-state index in [1.807, 2.05) is 0 Å². The molecule has 0 bridgehead atoms. The molecule has 5 heteroatoms. The molecule has 0 saturated heterocycles. The summed E-state index contributed by atoms with van der Waals surface area (Å²) in [7, 11) is -4.16. The van der Waals surface area contributed by atoms with Gasteiger partial charge in [-0.3, -0.25) is 9.36 Å². The van der Waals surface area contributed by atoms with Crippen LogP contribution in [0.3, 0.4) is 0 Å². The third-order valence-corrected chi connectivity index (χ3v) is 4.05. The lowest BCUT2D eigenvalue weighted by molar-refractivity contribution is -0.120. The number of hydrogen-bond acceptors (Lipinski definition) is 2. The van der Waals surface area contributed by atoms with Crippen LogP contribution in [0.15, 0.2) is 0 Å². The molecule has 2 N–H and O–H groups in total. The van der Waals surface area contributed by atoms with Gasteiger partial charge in [0.15, 0.2) is 0 Å². The summed E-state index contributed by atoms with van der Waals surface area (Å²) in [5.41, 5.74) is 0. The van der Waals surface area contributed by atoms with E-state index in [2.05, 4.69) is 6.92 Å². The number of Topliss-reactive ketones (excluding diaryl/α,β-unsaturated/α-hetero) is 1. The maximum atomic E-state index is 11.6. The van der Waals surface area contributed by atoms with Crippen LogP contribution in [0.1, 0.15) is 45.4 Å². The number of unbranched alkanes of at least 4 members (excludes halogenated alkanes) is 1. The normalized spacial score (nSPS) is 25.9. The molecule has 4 nitrogen and oxygen atoms in total. The lowest BCUT2D eigenvalue weighted by Crippen LogP contribution is -2.15. The van der Waals surface area contributed by atoms with Crippen molar-refractivity contribution in [2.24, 2.45) is 11.8 Å². The van der Waals surface area contributed by atoms with Crippen LogP contribution in [0.5, 0.6) is 0 Å². The molecule has 1 rings (SSSR count). The van der Waals surface area contributed by atoms with Gasteiger partial charge >= 0.3 is 7.60 Å². The first-order valence-electron chi connectivity index (χ1n) is 5.99. The first kappa shape index (κ1) is 13.9. The Kier molecular flexibility index (Phi) is 5.16. The zero-order valence-corrected chi connectivity index (χ0v) is 10.7. The summed E-state index contributed by atoms with van der Waals surface area (Å²) in [5, 5.41) is 0. The van der Waals surface area contributed by atoms with E-state index in [4.69, 9.17) is 9.79 Å². The van der Waals surface area contributed by atoms with Crippen molar-refractivity contribution >= 4 is 13.4 Å². The minimum absolute atomic E-state index is 0.102. The first-order chi connectivity index (χ1) is 7.42. The molecule has 0 aliphatic heterocycles. The third kappa shape index (κ3) is 4.77. The van der Waals surface area contributed by atoms with Gasteiger partial charge in [0, 0.05) is 5.92 Å². The number of carbonyl (C=O) groups is 1. The van der Waals surface area contributed by atoms with E-state index in [1.54, 1.807) is 0 Å². The standard InChI is InChI=1S/C11H21O4P/c1-2-3-4-9-5-6-10(7-9)11(12)8-16(13,14)15/h9-10H,2-8H2,1H3,(H2,13,14,15)/t9-,10?/m0/s1. The molecule has 0 aromatic carbocycles. The van der Waals surface area contributed by atoms with Gasteiger partial charge < -0.3 is 9.79 Å². The van der Waals surface area contributed by atoms with Gasteiger partial charge in [-0.15, -0.1) is 0 Å². The van der Waals surface area contributed by atoms with Crippen molar-refractivity contribution < 1.29 is 19.1 Å². The fraction of sp³-hybridized carbons (Fsp3) is 0.909. The van der Waals surface area contributed by atoms with Gasteiger partial charge in [-0.25, -0.2) is 0 Å². The Morgan fingerprint density at radius 2 is 2.06 bits per heavy atom. The number of rotatable bonds is 6. The number of hydrogen-bond donors (Lipinski definition) is 2.